The molecule has 0 unspecified atom stereocenters. The predicted octanol–water partition coefficient (Wildman–Crippen LogP) is -0.552. The van der Waals surface area contributed by atoms with E-state index in [4.69, 9.17) is 22.0 Å². The number of carboxylic acid groups (broad SMARTS) is 1. The van der Waals surface area contributed by atoms with E-state index in [-0.39, 0.29) is 58.4 Å². The molecule has 15 heavy (non-hydrogen) atoms. The minimum absolute atomic E-state index is 0. The van der Waals surface area contributed by atoms with Crippen LogP contribution < -0.4 is 51.4 Å². The molecular formula is C10H7ClKNO2. The molecule has 1 rings (SSSR count). The summed E-state index contributed by atoms with van der Waals surface area (Å²) in [4.78, 5) is 10.4. The molecular weight excluding hydrogens is 241 g/mol. The summed E-state index contributed by atoms with van der Waals surface area (Å²) in [6.45, 7) is 0. The summed E-state index contributed by atoms with van der Waals surface area (Å²) in [5.74, 6) is -1.14. The zero-order chi connectivity index (χ0) is 10.6. The van der Waals surface area contributed by atoms with Gasteiger partial charge in [-0.3, -0.25) is 0 Å². The fraction of sp³-hybridized carbons (Fsp3) is 0. The number of hydrogen-bond donors (Lipinski definition) is 1. The summed E-state index contributed by atoms with van der Waals surface area (Å²) in [6, 6.07) is 8.20. The normalized spacial score (nSPS) is 10.0. The number of aliphatic carboxylic acids is 1. The van der Waals surface area contributed by atoms with Gasteiger partial charge in [-0.1, -0.05) is 23.7 Å². The van der Waals surface area contributed by atoms with Gasteiger partial charge in [0, 0.05) is 11.1 Å². The van der Waals surface area contributed by atoms with E-state index in [0.29, 0.717) is 10.6 Å². The van der Waals surface area contributed by atoms with E-state index in [1.54, 1.807) is 30.3 Å². The molecule has 72 valence electrons. The molecule has 0 atom stereocenters. The van der Waals surface area contributed by atoms with Gasteiger partial charge in [-0.2, -0.15) is 5.26 Å². The van der Waals surface area contributed by atoms with Gasteiger partial charge >= 0.3 is 57.4 Å². The van der Waals surface area contributed by atoms with Gasteiger partial charge in [-0.25, -0.2) is 4.79 Å². The van der Waals surface area contributed by atoms with Crippen molar-refractivity contribution in [3.05, 3.63) is 40.9 Å². The van der Waals surface area contributed by atoms with Gasteiger partial charge in [0.2, 0.25) is 0 Å². The smallest absolute Gasteiger partial charge is 1.00 e. The Bertz CT molecular complexity index is 425. The molecule has 0 radical (unpaired) electrons. The molecule has 0 bridgehead atoms. The Hall–Kier alpha value is -0.154. The number of carboxylic acids is 1. The molecule has 3 nitrogen and oxygen atoms in total. The number of benzene rings is 1. The third-order valence-corrected chi connectivity index (χ3v) is 1.80. The topological polar surface area (TPSA) is 61.1 Å². The molecule has 0 aliphatic heterocycles. The average molecular weight is 248 g/mol. The number of halogens is 1. The molecule has 0 heterocycles. The number of hydrogen-bond acceptors (Lipinski definition) is 2. The quantitative estimate of drug-likeness (QED) is 0.433. The fourth-order valence-electron chi connectivity index (χ4n) is 0.933. The Labute approximate surface area is 136 Å². The SMILES string of the molecule is N#CC(=CC(=O)O)c1ccc(Cl)cc1.[H-].[K+]. The van der Waals surface area contributed by atoms with Crippen LogP contribution in [0.2, 0.25) is 5.02 Å². The second-order valence-corrected chi connectivity index (χ2v) is 2.95. The number of carbonyl (C=O) groups is 1. The first-order valence-electron chi connectivity index (χ1n) is 3.74. The van der Waals surface area contributed by atoms with Crippen LogP contribution in [0.1, 0.15) is 6.99 Å². The number of allylic oxidation sites excluding steroid dienone is 1. The molecule has 0 spiro atoms. The third-order valence-electron chi connectivity index (χ3n) is 1.54. The van der Waals surface area contributed by atoms with Crippen LogP contribution in [0.4, 0.5) is 0 Å². The van der Waals surface area contributed by atoms with Crippen molar-refractivity contribution >= 4 is 23.1 Å². The zero-order valence-electron chi connectivity index (χ0n) is 9.07. The molecule has 0 aliphatic carbocycles. The van der Waals surface area contributed by atoms with Crippen LogP contribution >= 0.6 is 11.6 Å². The fourth-order valence-corrected chi connectivity index (χ4v) is 1.06. The van der Waals surface area contributed by atoms with Crippen LogP contribution in [0, 0.1) is 11.3 Å². The molecule has 1 aromatic carbocycles. The molecule has 0 fully saturated rings. The minimum atomic E-state index is -1.14. The van der Waals surface area contributed by atoms with Crippen LogP contribution in [0.15, 0.2) is 30.3 Å². The second-order valence-electron chi connectivity index (χ2n) is 2.51. The largest absolute Gasteiger partial charge is 1.00 e. The van der Waals surface area contributed by atoms with Gasteiger partial charge in [0.25, 0.3) is 0 Å². The van der Waals surface area contributed by atoms with Gasteiger partial charge in [0.05, 0.1) is 5.57 Å². The molecule has 0 aliphatic rings. The van der Waals surface area contributed by atoms with Crippen LogP contribution in [0.25, 0.3) is 5.57 Å². The van der Waals surface area contributed by atoms with Crippen LogP contribution in [-0.4, -0.2) is 11.1 Å². The first kappa shape index (κ1) is 14.8. The first-order chi connectivity index (χ1) is 6.63. The summed E-state index contributed by atoms with van der Waals surface area (Å²) in [5.41, 5.74) is 0.647. The van der Waals surface area contributed by atoms with Crippen molar-refractivity contribution in [1.29, 1.82) is 5.26 Å². The maximum absolute atomic E-state index is 10.4. The van der Waals surface area contributed by atoms with E-state index in [1.165, 1.54) is 0 Å². The Morgan fingerprint density at radius 2 is 2.00 bits per heavy atom. The number of nitrogens with zero attached hydrogens (tertiary/aromatic N) is 1. The minimum Gasteiger partial charge on any atom is -1.00 e. The van der Waals surface area contributed by atoms with Gasteiger partial charge in [-0.15, -0.1) is 0 Å². The maximum Gasteiger partial charge on any atom is 1.00 e. The molecule has 0 aromatic heterocycles. The van der Waals surface area contributed by atoms with Gasteiger partial charge in [0.1, 0.15) is 6.07 Å². The Morgan fingerprint density at radius 3 is 2.40 bits per heavy atom. The summed E-state index contributed by atoms with van der Waals surface area (Å²) >= 11 is 5.65. The third kappa shape index (κ3) is 4.93. The van der Waals surface area contributed by atoms with E-state index in [9.17, 15) is 4.79 Å². The van der Waals surface area contributed by atoms with Crippen molar-refractivity contribution in [2.24, 2.45) is 0 Å². The van der Waals surface area contributed by atoms with Gasteiger partial charge < -0.3 is 6.53 Å². The molecule has 0 saturated heterocycles. The van der Waals surface area contributed by atoms with Gasteiger partial charge in [0.15, 0.2) is 0 Å². The Kier molecular flexibility index (Phi) is 7.10. The summed E-state index contributed by atoms with van der Waals surface area (Å²) in [5, 5.41) is 17.7. The standard InChI is InChI=1S/C10H6ClNO2.K.H/c11-9-3-1-7(2-4-9)8(6-12)5-10(13)14;;/h1-5H,(H,13,14);;/q;+1;-1. The summed E-state index contributed by atoms with van der Waals surface area (Å²) in [7, 11) is 0. The second kappa shape index (κ2) is 7.17. The summed E-state index contributed by atoms with van der Waals surface area (Å²) in [6.07, 6.45) is 0.864. The zero-order valence-corrected chi connectivity index (χ0v) is 11.9. The average Bonchev–Trinajstić information content (AvgIpc) is 2.15. The van der Waals surface area contributed by atoms with E-state index in [1.807, 2.05) is 0 Å². The van der Waals surface area contributed by atoms with Crippen LogP contribution in [-0.2, 0) is 4.79 Å². The number of rotatable bonds is 2. The van der Waals surface area contributed by atoms with Crippen molar-refractivity contribution in [3.63, 3.8) is 0 Å². The van der Waals surface area contributed by atoms with Crippen molar-refractivity contribution in [3.8, 4) is 6.07 Å². The molecule has 0 saturated carbocycles. The maximum atomic E-state index is 10.4. The van der Waals surface area contributed by atoms with E-state index >= 15 is 0 Å². The Balaban J connectivity index is 0. The summed E-state index contributed by atoms with van der Waals surface area (Å²) < 4.78 is 0. The van der Waals surface area contributed by atoms with Gasteiger partial charge in [-0.05, 0) is 17.7 Å². The van der Waals surface area contributed by atoms with Crippen molar-refractivity contribution in [2.45, 2.75) is 0 Å². The Morgan fingerprint density at radius 1 is 1.47 bits per heavy atom. The van der Waals surface area contributed by atoms with Crippen molar-refractivity contribution < 1.29 is 62.7 Å². The van der Waals surface area contributed by atoms with E-state index < -0.39 is 5.97 Å². The van der Waals surface area contributed by atoms with Crippen molar-refractivity contribution in [1.82, 2.24) is 0 Å². The number of nitriles is 1. The molecule has 1 aromatic rings. The van der Waals surface area contributed by atoms with Crippen LogP contribution in [0.5, 0.6) is 0 Å². The van der Waals surface area contributed by atoms with Crippen molar-refractivity contribution in [2.75, 3.05) is 0 Å². The van der Waals surface area contributed by atoms with E-state index in [2.05, 4.69) is 0 Å². The molecule has 5 heteroatoms. The first-order valence-corrected chi connectivity index (χ1v) is 4.12. The molecule has 0 amide bonds. The van der Waals surface area contributed by atoms with E-state index in [0.717, 1.165) is 6.08 Å². The molecule has 1 N–H and O–H groups in total. The monoisotopic (exact) mass is 247 g/mol. The predicted molar refractivity (Wildman–Crippen MR) is 53.8 cm³/mol. The van der Waals surface area contributed by atoms with Crippen LogP contribution in [0.3, 0.4) is 0 Å².